The molecule has 0 saturated carbocycles. The molecule has 0 atom stereocenters. The zero-order valence-electron chi connectivity index (χ0n) is 12.6. The summed E-state index contributed by atoms with van der Waals surface area (Å²) in [5.41, 5.74) is 1.13. The maximum atomic E-state index is 12.2. The Morgan fingerprint density at radius 3 is 2.32 bits per heavy atom. The fourth-order valence-electron chi connectivity index (χ4n) is 2.07. The van der Waals surface area contributed by atoms with Crippen LogP contribution in [0.4, 0.5) is 0 Å². The van der Waals surface area contributed by atoms with Crippen molar-refractivity contribution in [3.63, 3.8) is 0 Å². The molecule has 0 radical (unpaired) electrons. The van der Waals surface area contributed by atoms with Crippen LogP contribution in [0.25, 0.3) is 0 Å². The molecule has 6 heteroatoms. The van der Waals surface area contributed by atoms with Crippen molar-refractivity contribution in [2.45, 2.75) is 13.1 Å². The molecule has 0 spiro atoms. The van der Waals surface area contributed by atoms with Gasteiger partial charge in [0, 0.05) is 23.5 Å². The van der Waals surface area contributed by atoms with Gasteiger partial charge in [-0.2, -0.15) is 0 Å². The van der Waals surface area contributed by atoms with Gasteiger partial charge in [-0.3, -0.25) is 9.69 Å². The minimum Gasteiger partial charge on any atom is -0.340 e. The maximum Gasteiger partial charge on any atom is 0.236 e. The van der Waals surface area contributed by atoms with Gasteiger partial charge in [0.2, 0.25) is 5.91 Å². The van der Waals surface area contributed by atoms with Crippen LogP contribution in [-0.4, -0.2) is 36.3 Å². The number of rotatable bonds is 6. The molecule has 1 heterocycles. The highest BCUT2D eigenvalue weighted by Gasteiger charge is 2.13. The van der Waals surface area contributed by atoms with Crippen LogP contribution in [0.3, 0.4) is 0 Å². The number of hydrogen-bond acceptors (Lipinski definition) is 3. The lowest BCUT2D eigenvalue weighted by atomic mass is 10.2. The van der Waals surface area contributed by atoms with Gasteiger partial charge in [-0.25, -0.2) is 0 Å². The third-order valence-electron chi connectivity index (χ3n) is 3.22. The summed E-state index contributed by atoms with van der Waals surface area (Å²) in [5, 5.41) is 0.719. The molecule has 0 N–H and O–H groups in total. The van der Waals surface area contributed by atoms with Crippen molar-refractivity contribution in [3.8, 4) is 0 Å². The molecule has 0 bridgehead atoms. The largest absolute Gasteiger partial charge is 0.340 e. The van der Waals surface area contributed by atoms with Crippen molar-refractivity contribution in [2.24, 2.45) is 0 Å². The second kappa shape index (κ2) is 7.97. The highest BCUT2D eigenvalue weighted by atomic mass is 35.5. The minimum atomic E-state index is 0.0842. The number of likely N-dealkylation sites (N-methyl/N-ethyl adjacent to an activating group) is 2. The normalized spacial score (nSPS) is 11.0. The Balaban J connectivity index is 1.83. The number of benzene rings is 1. The van der Waals surface area contributed by atoms with Crippen LogP contribution in [0.2, 0.25) is 9.36 Å². The molecule has 118 valence electrons. The van der Waals surface area contributed by atoms with E-state index in [0.29, 0.717) is 19.6 Å². The van der Waals surface area contributed by atoms with E-state index in [1.54, 1.807) is 4.90 Å². The highest BCUT2D eigenvalue weighted by molar-refractivity contribution is 7.16. The average Bonchev–Trinajstić information content (AvgIpc) is 2.86. The standard InChI is InChI=1S/C16H18Cl2N2OS/c1-19(9-12-3-5-13(17)6-4-12)11-16(21)20(2)10-14-7-8-15(18)22-14/h3-8H,9-11H2,1-2H3. The molecular formula is C16H18Cl2N2OS. The van der Waals surface area contributed by atoms with Crippen LogP contribution < -0.4 is 0 Å². The van der Waals surface area contributed by atoms with Gasteiger partial charge in [-0.15, -0.1) is 11.3 Å². The first-order valence-electron chi connectivity index (χ1n) is 6.85. The lowest BCUT2D eigenvalue weighted by molar-refractivity contribution is -0.131. The van der Waals surface area contributed by atoms with Crippen LogP contribution >= 0.6 is 34.5 Å². The van der Waals surface area contributed by atoms with Crippen molar-refractivity contribution in [1.29, 1.82) is 0 Å². The molecule has 1 aromatic heterocycles. The van der Waals surface area contributed by atoms with Crippen molar-refractivity contribution >= 4 is 40.4 Å². The molecule has 1 amide bonds. The fourth-order valence-corrected chi connectivity index (χ4v) is 3.33. The van der Waals surface area contributed by atoms with Gasteiger partial charge in [-0.1, -0.05) is 35.3 Å². The number of hydrogen-bond donors (Lipinski definition) is 0. The molecule has 0 saturated heterocycles. The van der Waals surface area contributed by atoms with E-state index in [1.165, 1.54) is 11.3 Å². The van der Waals surface area contributed by atoms with E-state index in [9.17, 15) is 4.79 Å². The van der Waals surface area contributed by atoms with E-state index in [2.05, 4.69) is 0 Å². The number of thiophene rings is 1. The van der Waals surface area contributed by atoms with Crippen molar-refractivity contribution in [2.75, 3.05) is 20.6 Å². The quantitative estimate of drug-likeness (QED) is 0.776. The lowest BCUT2D eigenvalue weighted by Crippen LogP contribution is -2.35. The number of halogens is 2. The van der Waals surface area contributed by atoms with Crippen molar-refractivity contribution < 1.29 is 4.79 Å². The summed E-state index contributed by atoms with van der Waals surface area (Å²) < 4.78 is 0.746. The summed E-state index contributed by atoms with van der Waals surface area (Å²) >= 11 is 13.3. The van der Waals surface area contributed by atoms with Gasteiger partial charge in [0.25, 0.3) is 0 Å². The maximum absolute atomic E-state index is 12.2. The molecule has 0 aliphatic heterocycles. The summed E-state index contributed by atoms with van der Waals surface area (Å²) in [6.07, 6.45) is 0. The van der Waals surface area contributed by atoms with Crippen LogP contribution in [-0.2, 0) is 17.9 Å². The Kier molecular flexibility index (Phi) is 6.26. The summed E-state index contributed by atoms with van der Waals surface area (Å²) in [4.78, 5) is 17.0. The van der Waals surface area contributed by atoms with Crippen molar-refractivity contribution in [1.82, 2.24) is 9.80 Å². The minimum absolute atomic E-state index is 0.0842. The second-order valence-corrected chi connectivity index (χ2v) is 7.49. The molecule has 0 aliphatic carbocycles. The Morgan fingerprint density at radius 1 is 1.05 bits per heavy atom. The van der Waals surface area contributed by atoms with Crippen LogP contribution in [0.15, 0.2) is 36.4 Å². The highest BCUT2D eigenvalue weighted by Crippen LogP contribution is 2.22. The Hall–Kier alpha value is -1.07. The zero-order valence-corrected chi connectivity index (χ0v) is 14.9. The van der Waals surface area contributed by atoms with Crippen LogP contribution in [0, 0.1) is 0 Å². The van der Waals surface area contributed by atoms with E-state index < -0.39 is 0 Å². The molecule has 2 rings (SSSR count). The molecule has 0 fully saturated rings. The van der Waals surface area contributed by atoms with E-state index in [4.69, 9.17) is 23.2 Å². The molecule has 2 aromatic rings. The van der Waals surface area contributed by atoms with E-state index in [0.717, 1.165) is 19.8 Å². The zero-order chi connectivity index (χ0) is 16.1. The Morgan fingerprint density at radius 2 is 1.73 bits per heavy atom. The van der Waals surface area contributed by atoms with E-state index in [-0.39, 0.29) is 5.91 Å². The summed E-state index contributed by atoms with van der Waals surface area (Å²) in [7, 11) is 3.74. The lowest BCUT2D eigenvalue weighted by Gasteiger charge is -2.21. The van der Waals surface area contributed by atoms with Gasteiger partial charge in [0.15, 0.2) is 0 Å². The van der Waals surface area contributed by atoms with Gasteiger partial charge in [0.05, 0.1) is 17.4 Å². The average molecular weight is 357 g/mol. The number of nitrogens with zero attached hydrogens (tertiary/aromatic N) is 2. The van der Waals surface area contributed by atoms with Gasteiger partial charge < -0.3 is 4.90 Å². The molecule has 0 aliphatic rings. The van der Waals surface area contributed by atoms with Crippen LogP contribution in [0.1, 0.15) is 10.4 Å². The molecule has 22 heavy (non-hydrogen) atoms. The monoisotopic (exact) mass is 356 g/mol. The van der Waals surface area contributed by atoms with E-state index >= 15 is 0 Å². The number of carbonyl (C=O) groups excluding carboxylic acids is 1. The summed E-state index contributed by atoms with van der Waals surface area (Å²) in [6.45, 7) is 1.67. The Bertz CT molecular complexity index is 627. The number of carbonyl (C=O) groups is 1. The number of amides is 1. The van der Waals surface area contributed by atoms with Gasteiger partial charge in [0.1, 0.15) is 0 Å². The predicted octanol–water partition coefficient (Wildman–Crippen LogP) is 4.15. The summed E-state index contributed by atoms with van der Waals surface area (Å²) in [6, 6.07) is 11.5. The third-order valence-corrected chi connectivity index (χ3v) is 4.69. The predicted molar refractivity (Wildman–Crippen MR) is 93.6 cm³/mol. The first-order chi connectivity index (χ1) is 10.4. The topological polar surface area (TPSA) is 23.6 Å². The molecular weight excluding hydrogens is 339 g/mol. The third kappa shape index (κ3) is 5.29. The molecule has 0 unspecified atom stereocenters. The summed E-state index contributed by atoms with van der Waals surface area (Å²) in [5.74, 6) is 0.0842. The SMILES string of the molecule is CN(CC(=O)N(C)Cc1ccc(Cl)s1)Cc1ccc(Cl)cc1. The molecule has 3 nitrogen and oxygen atoms in total. The van der Waals surface area contributed by atoms with Crippen LogP contribution in [0.5, 0.6) is 0 Å². The van der Waals surface area contributed by atoms with Crippen molar-refractivity contribution in [3.05, 3.63) is 56.2 Å². The van der Waals surface area contributed by atoms with Gasteiger partial charge >= 0.3 is 0 Å². The first-order valence-corrected chi connectivity index (χ1v) is 8.42. The fraction of sp³-hybridized carbons (Fsp3) is 0.312. The second-order valence-electron chi connectivity index (χ2n) is 5.25. The van der Waals surface area contributed by atoms with E-state index in [1.807, 2.05) is 55.4 Å². The Labute approximate surface area is 145 Å². The van der Waals surface area contributed by atoms with Gasteiger partial charge in [-0.05, 0) is 36.9 Å². The smallest absolute Gasteiger partial charge is 0.236 e. The first kappa shape index (κ1) is 17.3. The molecule has 1 aromatic carbocycles.